The van der Waals surface area contributed by atoms with Crippen LogP contribution in [0.1, 0.15) is 13.8 Å². The van der Waals surface area contributed by atoms with Crippen LogP contribution in [0.2, 0.25) is 0 Å². The zero-order valence-corrected chi connectivity index (χ0v) is 8.76. The molecule has 9 heteroatoms. The second-order valence-electron chi connectivity index (χ2n) is 2.86. The third-order valence-corrected chi connectivity index (χ3v) is 1.51. The summed E-state index contributed by atoms with van der Waals surface area (Å²) in [5.41, 5.74) is 13.0. The number of carbonyl (C=O) groups excluding carboxylic acids is 2. The molecular weight excluding hydrogens is 214 g/mol. The Hall–Kier alpha value is -2.45. The van der Waals surface area contributed by atoms with Gasteiger partial charge in [0, 0.05) is 13.8 Å². The molecule has 16 heavy (non-hydrogen) atoms. The largest absolute Gasteiger partial charge is 0.368 e. The fourth-order valence-corrected chi connectivity index (χ4v) is 0.939. The Morgan fingerprint density at radius 3 is 1.88 bits per heavy atom. The summed E-state index contributed by atoms with van der Waals surface area (Å²) in [6.07, 6.45) is 0. The molecule has 0 saturated heterocycles. The first-order valence-corrected chi connectivity index (χ1v) is 4.25. The van der Waals surface area contributed by atoms with Crippen molar-refractivity contribution in [3.8, 4) is 0 Å². The second kappa shape index (κ2) is 4.38. The van der Waals surface area contributed by atoms with Gasteiger partial charge in [-0.15, -0.1) is 0 Å². The van der Waals surface area contributed by atoms with Gasteiger partial charge in [0.15, 0.2) is 0 Å². The van der Waals surface area contributed by atoms with Crippen LogP contribution >= 0.6 is 0 Å². The molecule has 1 heterocycles. The van der Waals surface area contributed by atoms with Crippen LogP contribution in [0.5, 0.6) is 0 Å². The van der Waals surface area contributed by atoms with Gasteiger partial charge in [-0.25, -0.2) is 0 Å². The zero-order valence-electron chi connectivity index (χ0n) is 8.76. The highest BCUT2D eigenvalue weighted by Gasteiger charge is 2.15. The van der Waals surface area contributed by atoms with Gasteiger partial charge in [0.25, 0.3) is 0 Å². The Labute approximate surface area is 90.8 Å². The minimum atomic E-state index is -0.509. The van der Waals surface area contributed by atoms with Crippen molar-refractivity contribution in [3.05, 3.63) is 0 Å². The predicted octanol–water partition coefficient (Wildman–Crippen LogP) is -1.24. The zero-order chi connectivity index (χ0) is 12.3. The third kappa shape index (κ3) is 2.77. The Kier molecular flexibility index (Phi) is 3.18. The van der Waals surface area contributed by atoms with E-state index in [1.54, 1.807) is 0 Å². The fourth-order valence-electron chi connectivity index (χ4n) is 0.939. The van der Waals surface area contributed by atoms with E-state index in [-0.39, 0.29) is 17.8 Å². The van der Waals surface area contributed by atoms with E-state index in [0.29, 0.717) is 0 Å². The van der Waals surface area contributed by atoms with E-state index in [1.165, 1.54) is 13.8 Å². The molecule has 0 aliphatic rings. The Bertz CT molecular complexity index is 398. The van der Waals surface area contributed by atoms with Gasteiger partial charge in [0.05, 0.1) is 0 Å². The molecule has 0 atom stereocenters. The van der Waals surface area contributed by atoms with Gasteiger partial charge in [-0.2, -0.15) is 20.0 Å². The highest BCUT2D eigenvalue weighted by Crippen LogP contribution is 2.05. The number of aromatic nitrogens is 3. The van der Waals surface area contributed by atoms with Crippen molar-refractivity contribution < 1.29 is 9.59 Å². The normalized spacial score (nSPS) is 9.62. The summed E-state index contributed by atoms with van der Waals surface area (Å²) in [6.45, 7) is 2.42. The number of amides is 2. The molecule has 0 saturated carbocycles. The number of hydrogen-bond acceptors (Lipinski definition) is 8. The molecule has 1 rings (SSSR count). The van der Waals surface area contributed by atoms with E-state index in [0.717, 1.165) is 5.01 Å². The van der Waals surface area contributed by atoms with Crippen molar-refractivity contribution in [1.29, 1.82) is 0 Å². The van der Waals surface area contributed by atoms with Crippen molar-refractivity contribution >= 4 is 29.7 Å². The van der Waals surface area contributed by atoms with Gasteiger partial charge >= 0.3 is 0 Å². The summed E-state index contributed by atoms with van der Waals surface area (Å²) in [7, 11) is 0. The maximum atomic E-state index is 11.1. The third-order valence-electron chi connectivity index (χ3n) is 1.51. The SMILES string of the molecule is CC(=O)N(Nc1nc(N)nc(N)n1)C(C)=O. The van der Waals surface area contributed by atoms with Crippen LogP contribution in [0.3, 0.4) is 0 Å². The molecule has 0 aromatic carbocycles. The number of carbonyl (C=O) groups is 2. The summed E-state index contributed by atoms with van der Waals surface area (Å²) >= 11 is 0. The van der Waals surface area contributed by atoms with Crippen LogP contribution < -0.4 is 16.9 Å². The van der Waals surface area contributed by atoms with Gasteiger partial charge in [-0.3, -0.25) is 15.0 Å². The Balaban J connectivity index is 2.93. The first-order valence-electron chi connectivity index (χ1n) is 4.25. The molecule has 2 amide bonds. The van der Waals surface area contributed by atoms with Crippen LogP contribution in [0.15, 0.2) is 0 Å². The number of nitrogens with zero attached hydrogens (tertiary/aromatic N) is 4. The van der Waals surface area contributed by atoms with Crippen LogP contribution in [0.4, 0.5) is 17.8 Å². The van der Waals surface area contributed by atoms with Crippen LogP contribution in [0, 0.1) is 0 Å². The van der Waals surface area contributed by atoms with Crippen LogP contribution in [-0.4, -0.2) is 31.8 Å². The summed E-state index contributed by atoms with van der Waals surface area (Å²) in [5.74, 6) is -1.31. The van der Waals surface area contributed by atoms with E-state index in [2.05, 4.69) is 20.4 Å². The number of hydrogen-bond donors (Lipinski definition) is 3. The van der Waals surface area contributed by atoms with Gasteiger partial charge in [0.1, 0.15) is 0 Å². The minimum Gasteiger partial charge on any atom is -0.368 e. The molecule has 9 nitrogen and oxygen atoms in total. The molecule has 0 radical (unpaired) electrons. The lowest BCUT2D eigenvalue weighted by Crippen LogP contribution is -2.39. The predicted molar refractivity (Wildman–Crippen MR) is 55.5 cm³/mol. The summed E-state index contributed by atoms with van der Waals surface area (Å²) in [4.78, 5) is 33.0. The van der Waals surface area contributed by atoms with Crippen LogP contribution in [0.25, 0.3) is 0 Å². The van der Waals surface area contributed by atoms with Gasteiger partial charge < -0.3 is 11.5 Å². The lowest BCUT2D eigenvalue weighted by atomic mass is 10.6. The molecule has 5 N–H and O–H groups in total. The molecule has 1 aromatic heterocycles. The number of imide groups is 1. The molecule has 0 aliphatic heterocycles. The molecule has 0 unspecified atom stereocenters. The van der Waals surface area contributed by atoms with Crippen molar-refractivity contribution in [1.82, 2.24) is 20.0 Å². The topological polar surface area (TPSA) is 140 Å². The number of rotatable bonds is 2. The summed E-state index contributed by atoms with van der Waals surface area (Å²) in [6, 6.07) is 0. The van der Waals surface area contributed by atoms with E-state index >= 15 is 0 Å². The standard InChI is InChI=1S/C7H11N7O2/c1-3(15)14(4(2)16)13-7-11-5(8)10-6(9)12-7/h1-2H3,(H5,8,9,10,11,12,13). The summed E-state index contributed by atoms with van der Waals surface area (Å²) < 4.78 is 0. The molecule has 0 aliphatic carbocycles. The monoisotopic (exact) mass is 225 g/mol. The smallest absolute Gasteiger partial charge is 0.249 e. The van der Waals surface area contributed by atoms with Crippen molar-refractivity contribution in [2.45, 2.75) is 13.8 Å². The Morgan fingerprint density at radius 2 is 1.50 bits per heavy atom. The molecule has 0 fully saturated rings. The number of nitrogen functional groups attached to an aromatic ring is 2. The highest BCUT2D eigenvalue weighted by molar-refractivity contribution is 5.94. The highest BCUT2D eigenvalue weighted by atomic mass is 16.2. The quantitative estimate of drug-likeness (QED) is 0.530. The number of hydrazine groups is 1. The molecule has 0 spiro atoms. The fraction of sp³-hybridized carbons (Fsp3) is 0.286. The number of anilines is 3. The summed E-state index contributed by atoms with van der Waals surface area (Å²) in [5, 5.41) is 0.730. The molecule has 0 bridgehead atoms. The maximum absolute atomic E-state index is 11.1. The maximum Gasteiger partial charge on any atom is 0.249 e. The average Bonchev–Trinajstić information content (AvgIpc) is 2.11. The van der Waals surface area contributed by atoms with E-state index in [1.807, 2.05) is 0 Å². The van der Waals surface area contributed by atoms with Gasteiger partial charge in [-0.1, -0.05) is 0 Å². The second-order valence-corrected chi connectivity index (χ2v) is 2.86. The average molecular weight is 225 g/mol. The van der Waals surface area contributed by atoms with Crippen molar-refractivity contribution in [3.63, 3.8) is 0 Å². The molecule has 1 aromatic rings. The first kappa shape index (κ1) is 11.6. The first-order chi connectivity index (χ1) is 7.40. The van der Waals surface area contributed by atoms with E-state index < -0.39 is 11.8 Å². The van der Waals surface area contributed by atoms with Gasteiger partial charge in [-0.05, 0) is 0 Å². The molecular formula is C7H11N7O2. The lowest BCUT2D eigenvalue weighted by molar-refractivity contribution is -0.140. The number of nitrogens with two attached hydrogens (primary N) is 2. The number of nitrogens with one attached hydrogen (secondary N) is 1. The minimum absolute atomic E-state index is 0.0737. The van der Waals surface area contributed by atoms with E-state index in [9.17, 15) is 9.59 Å². The van der Waals surface area contributed by atoms with E-state index in [4.69, 9.17) is 11.5 Å². The molecule has 86 valence electrons. The Morgan fingerprint density at radius 1 is 1.06 bits per heavy atom. The van der Waals surface area contributed by atoms with Gasteiger partial charge in [0.2, 0.25) is 29.7 Å². The van der Waals surface area contributed by atoms with Crippen LogP contribution in [-0.2, 0) is 9.59 Å². The van der Waals surface area contributed by atoms with Crippen molar-refractivity contribution in [2.75, 3.05) is 16.9 Å². The lowest BCUT2D eigenvalue weighted by Gasteiger charge is -2.17. The van der Waals surface area contributed by atoms with Crippen molar-refractivity contribution in [2.24, 2.45) is 0 Å².